The van der Waals surface area contributed by atoms with Gasteiger partial charge in [0.1, 0.15) is 5.75 Å². The van der Waals surface area contributed by atoms with E-state index in [1.54, 1.807) is 0 Å². The second kappa shape index (κ2) is 11.8. The van der Waals surface area contributed by atoms with Crippen LogP contribution in [0.4, 0.5) is 0 Å². The molecule has 1 aliphatic carbocycles. The van der Waals surface area contributed by atoms with Gasteiger partial charge in [0.25, 0.3) is 0 Å². The Morgan fingerprint density at radius 1 is 1.06 bits per heavy atom. The zero-order valence-electron chi connectivity index (χ0n) is 19.9. The van der Waals surface area contributed by atoms with Gasteiger partial charge in [0.15, 0.2) is 0 Å². The lowest BCUT2D eigenvalue weighted by molar-refractivity contribution is 0.480. The van der Waals surface area contributed by atoms with Gasteiger partial charge in [-0.3, -0.25) is 0 Å². The molecule has 1 aromatic rings. The summed E-state index contributed by atoms with van der Waals surface area (Å²) < 4.78 is 6.01. The van der Waals surface area contributed by atoms with Gasteiger partial charge in [0.2, 0.25) is 21.2 Å². The summed E-state index contributed by atoms with van der Waals surface area (Å²) in [6, 6.07) is 9.17. The average molecular weight is 571 g/mol. The maximum Gasteiger partial charge on any atom is 0.249 e. The van der Waals surface area contributed by atoms with Crippen LogP contribution in [0.15, 0.2) is 48.6 Å². The molecule has 1 aromatic carbocycles. The zero-order chi connectivity index (χ0) is 24.1. The number of rotatable bonds is 7. The van der Waals surface area contributed by atoms with Crippen molar-refractivity contribution in [2.45, 2.75) is 71.0 Å². The Balaban J connectivity index is 0.000000327. The molecular formula is C22H36Cl4OSi4. The van der Waals surface area contributed by atoms with Crippen LogP contribution in [-0.2, 0) is 0 Å². The summed E-state index contributed by atoms with van der Waals surface area (Å²) >= 11 is 25.2. The highest BCUT2D eigenvalue weighted by Gasteiger charge is 2.43. The van der Waals surface area contributed by atoms with E-state index in [2.05, 4.69) is 83.4 Å². The van der Waals surface area contributed by atoms with E-state index in [4.69, 9.17) is 48.7 Å². The molecule has 9 heteroatoms. The smallest absolute Gasteiger partial charge is 0.249 e. The van der Waals surface area contributed by atoms with E-state index >= 15 is 0 Å². The van der Waals surface area contributed by atoms with Crippen molar-refractivity contribution < 1.29 is 4.43 Å². The van der Waals surface area contributed by atoms with Crippen molar-refractivity contribution in [2.24, 2.45) is 5.41 Å². The molecule has 0 amide bonds. The fourth-order valence-corrected chi connectivity index (χ4v) is 13.2. The van der Waals surface area contributed by atoms with Crippen LogP contribution in [0.25, 0.3) is 0 Å². The van der Waals surface area contributed by atoms with Gasteiger partial charge >= 0.3 is 0 Å². The summed E-state index contributed by atoms with van der Waals surface area (Å²) in [4.78, 5) is 0. The highest BCUT2D eigenvalue weighted by Crippen LogP contribution is 2.46. The third kappa shape index (κ3) is 11.0. The summed E-state index contributed by atoms with van der Waals surface area (Å²) in [6.45, 7) is 15.1. The minimum absolute atomic E-state index is 0.119. The zero-order valence-corrected chi connectivity index (χ0v) is 26.9. The van der Waals surface area contributed by atoms with Crippen molar-refractivity contribution in [3.05, 3.63) is 54.1 Å². The lowest BCUT2D eigenvalue weighted by Crippen LogP contribution is -2.40. The van der Waals surface area contributed by atoms with Crippen molar-refractivity contribution in [3.8, 4) is 5.75 Å². The first-order valence-corrected chi connectivity index (χ1v) is 25.3. The first kappa shape index (κ1) is 29.6. The third-order valence-electron chi connectivity index (χ3n) is 4.98. The maximum atomic E-state index is 6.42. The Morgan fingerprint density at radius 3 is 2.16 bits per heavy atom. The SMILES string of the molecule is CC(C[Si](C)(Cl)Cl)c1cccc(O[Si](C)(C)C)c1.C[Si][Si](Cl)(Cl)C1C=CC=CC1(C)C. The second-order valence-corrected chi connectivity index (χ2v) is 34.7. The number of halogens is 4. The number of hydrogen-bond acceptors (Lipinski definition) is 1. The summed E-state index contributed by atoms with van der Waals surface area (Å²) in [5.41, 5.74) is 1.72. The quantitative estimate of drug-likeness (QED) is 0.235. The normalized spacial score (nSPS) is 19.4. The third-order valence-corrected chi connectivity index (χ3v) is 18.2. The van der Waals surface area contributed by atoms with E-state index in [0.717, 1.165) is 11.8 Å². The maximum absolute atomic E-state index is 6.42. The fraction of sp³-hybridized carbons (Fsp3) is 0.545. The molecule has 0 saturated heterocycles. The molecule has 1 aliphatic rings. The van der Waals surface area contributed by atoms with Gasteiger partial charge < -0.3 is 4.43 Å². The van der Waals surface area contributed by atoms with Crippen LogP contribution in [0.1, 0.15) is 32.3 Å². The van der Waals surface area contributed by atoms with Crippen molar-refractivity contribution in [2.75, 3.05) is 0 Å². The first-order valence-electron chi connectivity index (χ1n) is 10.6. The predicted octanol–water partition coefficient (Wildman–Crippen LogP) is 9.23. The lowest BCUT2D eigenvalue weighted by atomic mass is 9.85. The molecule has 1 nitrogen and oxygen atoms in total. The molecule has 0 N–H and O–H groups in total. The summed E-state index contributed by atoms with van der Waals surface area (Å²) in [5, 5.41) is 0. The highest BCUT2D eigenvalue weighted by molar-refractivity contribution is 7.67. The molecule has 0 aromatic heterocycles. The van der Waals surface area contributed by atoms with Crippen LogP contribution in [0.2, 0.25) is 44.3 Å². The highest BCUT2D eigenvalue weighted by atomic mass is 35.7. The minimum atomic E-state index is -2.08. The Bertz CT molecular complexity index is 768. The van der Waals surface area contributed by atoms with Gasteiger partial charge in [0, 0.05) is 5.54 Å². The van der Waals surface area contributed by atoms with Crippen molar-refractivity contribution in [3.63, 3.8) is 0 Å². The van der Waals surface area contributed by atoms with Gasteiger partial charge in [-0.1, -0.05) is 63.8 Å². The van der Waals surface area contributed by atoms with E-state index in [-0.39, 0.29) is 5.41 Å². The molecule has 2 unspecified atom stereocenters. The van der Waals surface area contributed by atoms with Crippen molar-refractivity contribution in [1.82, 2.24) is 0 Å². The largest absolute Gasteiger partial charge is 0.544 e. The van der Waals surface area contributed by atoms with E-state index in [1.165, 1.54) is 5.56 Å². The molecule has 2 radical (unpaired) electrons. The standard InChI is InChI=1S/C13H22Cl2OSi2.C9H14Cl2Si2/c1-11(10-18(5,14)15)12-7-6-8-13(9-12)16-17(2,3)4;1-9(2)7-5-4-6-8(9)13(10,11)12-3/h6-9,11H,10H2,1-5H3;4-8H,1-3H3. The number of benzene rings is 1. The van der Waals surface area contributed by atoms with Crippen molar-refractivity contribution >= 4 is 74.6 Å². The Labute approximate surface area is 214 Å². The van der Waals surface area contributed by atoms with Crippen LogP contribution >= 0.6 is 44.3 Å². The molecule has 0 aliphatic heterocycles. The van der Waals surface area contributed by atoms with Crippen LogP contribution in [-0.4, -0.2) is 30.3 Å². The number of hydrogen-bond donors (Lipinski definition) is 0. The van der Waals surface area contributed by atoms with E-state index in [0.29, 0.717) is 20.5 Å². The molecule has 2 rings (SSSR count). The van der Waals surface area contributed by atoms with Crippen LogP contribution in [0.5, 0.6) is 5.75 Å². The molecule has 2 atom stereocenters. The van der Waals surface area contributed by atoms with E-state index in [1.807, 2.05) is 18.7 Å². The van der Waals surface area contributed by atoms with E-state index in [9.17, 15) is 0 Å². The molecule has 0 heterocycles. The van der Waals surface area contributed by atoms with Crippen LogP contribution < -0.4 is 4.43 Å². The molecular weight excluding hydrogens is 534 g/mol. The van der Waals surface area contributed by atoms with Crippen LogP contribution in [0, 0.1) is 5.41 Å². The molecule has 31 heavy (non-hydrogen) atoms. The monoisotopic (exact) mass is 568 g/mol. The van der Waals surface area contributed by atoms with Gasteiger partial charge in [-0.25, -0.2) is 0 Å². The van der Waals surface area contributed by atoms with Crippen LogP contribution in [0.3, 0.4) is 0 Å². The number of allylic oxidation sites excluding steroid dienone is 4. The summed E-state index contributed by atoms with van der Waals surface area (Å²) in [5.74, 6) is 1.34. The van der Waals surface area contributed by atoms with E-state index < -0.39 is 21.2 Å². The minimum Gasteiger partial charge on any atom is -0.544 e. The van der Waals surface area contributed by atoms with Crippen molar-refractivity contribution in [1.29, 1.82) is 0 Å². The second-order valence-electron chi connectivity index (χ2n) is 9.88. The Kier molecular flexibility index (Phi) is 11.2. The summed E-state index contributed by atoms with van der Waals surface area (Å²) in [6.07, 6.45) is 6.43. The van der Waals surface area contributed by atoms with Gasteiger partial charge in [-0.15, -0.1) is 44.3 Å². The van der Waals surface area contributed by atoms with Gasteiger partial charge in [0.05, 0.1) is 9.04 Å². The molecule has 0 spiro atoms. The molecule has 174 valence electrons. The molecule has 0 fully saturated rings. The predicted molar refractivity (Wildman–Crippen MR) is 152 cm³/mol. The summed E-state index contributed by atoms with van der Waals surface area (Å²) in [7, 11) is -0.879. The Hall–Kier alpha value is 0.528. The van der Waals surface area contributed by atoms with Gasteiger partial charge in [-0.2, -0.15) is 0 Å². The average Bonchev–Trinajstić information content (AvgIpc) is 2.59. The first-order chi connectivity index (χ1) is 14.0. The topological polar surface area (TPSA) is 9.23 Å². The molecule has 0 saturated carbocycles. The van der Waals surface area contributed by atoms with Gasteiger partial charge in [-0.05, 0) is 61.3 Å². The Morgan fingerprint density at radius 2 is 1.68 bits per heavy atom. The fourth-order valence-electron chi connectivity index (χ4n) is 3.47. The molecule has 0 bridgehead atoms. The lowest BCUT2D eigenvalue weighted by Gasteiger charge is -2.37.